The second-order valence-corrected chi connectivity index (χ2v) is 7.23. The fourth-order valence-electron chi connectivity index (χ4n) is 4.46. The van der Waals surface area contributed by atoms with Crippen molar-refractivity contribution in [3.05, 3.63) is 66.0 Å². The molecule has 26 heavy (non-hydrogen) atoms. The first kappa shape index (κ1) is 17.0. The van der Waals surface area contributed by atoms with Crippen molar-refractivity contribution in [2.45, 2.75) is 46.6 Å². The molecule has 1 aliphatic heterocycles. The summed E-state index contributed by atoms with van der Waals surface area (Å²) < 4.78 is 2.36. The molecule has 0 amide bonds. The van der Waals surface area contributed by atoms with Gasteiger partial charge in [0, 0.05) is 29.7 Å². The fraction of sp³-hybridized carbons (Fsp3) is 0.318. The Morgan fingerprint density at radius 3 is 2.35 bits per heavy atom. The lowest BCUT2D eigenvalue weighted by atomic mass is 9.59. The van der Waals surface area contributed by atoms with Crippen LogP contribution in [-0.2, 0) is 0 Å². The molecule has 1 aromatic heterocycles. The molecule has 0 unspecified atom stereocenters. The number of aryl methyl sites for hydroxylation is 2. The maximum atomic E-state index is 4.71. The number of hydrogen-bond acceptors (Lipinski definition) is 2. The lowest BCUT2D eigenvalue weighted by Crippen LogP contribution is -2.60. The molecule has 2 heterocycles. The predicted molar refractivity (Wildman–Crippen MR) is 111 cm³/mol. The second-order valence-electron chi connectivity index (χ2n) is 7.23. The Morgan fingerprint density at radius 1 is 0.962 bits per heavy atom. The third kappa shape index (κ3) is 2.47. The van der Waals surface area contributed by atoms with Crippen LogP contribution in [-0.4, -0.2) is 22.5 Å². The highest BCUT2D eigenvalue weighted by Crippen LogP contribution is 2.37. The Hall–Kier alpha value is -2.49. The largest absolute Gasteiger partial charge is 0.417 e. The van der Waals surface area contributed by atoms with Crippen LogP contribution in [0.25, 0.3) is 11.4 Å². The first-order chi connectivity index (χ1) is 12.7. The Kier molecular flexibility index (Phi) is 4.35. The molecular weight excluding hydrogens is 317 g/mol. The molecule has 0 saturated carbocycles. The number of fused-ring (bicyclic) bond motifs is 3. The SMILES string of the molecule is CCC(CC)N1B(c2c(C)cccc2C)n2ccnc2-c2ccccc21. The van der Waals surface area contributed by atoms with Gasteiger partial charge in [0.05, 0.1) is 0 Å². The van der Waals surface area contributed by atoms with Crippen LogP contribution >= 0.6 is 0 Å². The van der Waals surface area contributed by atoms with Crippen molar-refractivity contribution in [1.29, 1.82) is 0 Å². The number of imidazole rings is 1. The Labute approximate surface area is 156 Å². The molecule has 0 aliphatic carbocycles. The Morgan fingerprint density at radius 2 is 1.65 bits per heavy atom. The number of anilines is 1. The third-order valence-corrected chi connectivity index (χ3v) is 5.75. The normalized spacial score (nSPS) is 13.1. The van der Waals surface area contributed by atoms with Crippen LogP contribution in [0.15, 0.2) is 54.9 Å². The van der Waals surface area contributed by atoms with E-state index < -0.39 is 0 Å². The van der Waals surface area contributed by atoms with Gasteiger partial charge in [-0.1, -0.05) is 55.3 Å². The Bertz CT molecular complexity index is 906. The third-order valence-electron chi connectivity index (χ3n) is 5.75. The fourth-order valence-corrected chi connectivity index (χ4v) is 4.46. The van der Waals surface area contributed by atoms with Crippen molar-refractivity contribution in [1.82, 2.24) is 9.46 Å². The van der Waals surface area contributed by atoms with Crippen molar-refractivity contribution >= 4 is 18.1 Å². The molecule has 2 aromatic carbocycles. The van der Waals surface area contributed by atoms with Crippen molar-refractivity contribution in [2.24, 2.45) is 0 Å². The van der Waals surface area contributed by atoms with Crippen LogP contribution < -0.4 is 10.3 Å². The van der Waals surface area contributed by atoms with Crippen LogP contribution in [0, 0.1) is 13.8 Å². The molecule has 3 nitrogen and oxygen atoms in total. The second kappa shape index (κ2) is 6.67. The van der Waals surface area contributed by atoms with E-state index in [0.717, 1.165) is 18.7 Å². The molecule has 1 aliphatic rings. The van der Waals surface area contributed by atoms with Crippen molar-refractivity contribution in [3.63, 3.8) is 0 Å². The molecular formula is C22H26BN3. The summed E-state index contributed by atoms with van der Waals surface area (Å²) >= 11 is 0. The quantitative estimate of drug-likeness (QED) is 0.654. The zero-order chi connectivity index (χ0) is 18.3. The highest BCUT2D eigenvalue weighted by molar-refractivity contribution is 6.77. The average molecular weight is 343 g/mol. The highest BCUT2D eigenvalue weighted by atomic mass is 15.2. The minimum Gasteiger partial charge on any atom is -0.388 e. The summed E-state index contributed by atoms with van der Waals surface area (Å²) in [5, 5.41) is 0. The smallest absolute Gasteiger partial charge is 0.388 e. The van der Waals surface area contributed by atoms with Gasteiger partial charge in [0.15, 0.2) is 0 Å². The van der Waals surface area contributed by atoms with Crippen LogP contribution in [0.3, 0.4) is 0 Å². The van der Waals surface area contributed by atoms with Crippen LogP contribution in [0.5, 0.6) is 0 Å². The summed E-state index contributed by atoms with van der Waals surface area (Å²) in [6.45, 7) is 9.19. The molecule has 0 fully saturated rings. The van der Waals surface area contributed by atoms with Gasteiger partial charge in [-0.25, -0.2) is 4.98 Å². The maximum Gasteiger partial charge on any atom is 0.417 e. The van der Waals surface area contributed by atoms with Gasteiger partial charge in [0.25, 0.3) is 0 Å². The van der Waals surface area contributed by atoms with E-state index in [1.54, 1.807) is 0 Å². The van der Waals surface area contributed by atoms with E-state index in [1.807, 2.05) is 6.20 Å². The van der Waals surface area contributed by atoms with Crippen molar-refractivity contribution in [2.75, 3.05) is 4.81 Å². The predicted octanol–water partition coefficient (Wildman–Crippen LogP) is 4.42. The average Bonchev–Trinajstić information content (AvgIpc) is 3.14. The van der Waals surface area contributed by atoms with E-state index in [-0.39, 0.29) is 6.98 Å². The van der Waals surface area contributed by atoms with Gasteiger partial charge in [-0.15, -0.1) is 0 Å². The summed E-state index contributed by atoms with van der Waals surface area (Å²) in [6, 6.07) is 15.8. The standard InChI is InChI=1S/C22H26BN3/c1-5-18(6-2)26-20-13-8-7-12-19(20)22-24-14-15-25(22)23(26)21-16(3)10-9-11-17(21)4/h7-15,18H,5-6H2,1-4H3. The summed E-state index contributed by atoms with van der Waals surface area (Å²) in [6.07, 6.45) is 6.31. The first-order valence-corrected chi connectivity index (χ1v) is 9.64. The molecule has 0 bridgehead atoms. The van der Waals surface area contributed by atoms with E-state index in [4.69, 9.17) is 4.98 Å². The highest BCUT2D eigenvalue weighted by Gasteiger charge is 2.40. The molecule has 0 spiro atoms. The zero-order valence-electron chi connectivity index (χ0n) is 16.1. The summed E-state index contributed by atoms with van der Waals surface area (Å²) in [5.41, 5.74) is 6.60. The van der Waals surface area contributed by atoms with E-state index >= 15 is 0 Å². The van der Waals surface area contributed by atoms with Crippen LogP contribution in [0.1, 0.15) is 37.8 Å². The number of benzene rings is 2. The molecule has 3 aromatic rings. The zero-order valence-corrected chi connectivity index (χ0v) is 16.1. The van der Waals surface area contributed by atoms with Gasteiger partial charge < -0.3 is 9.29 Å². The molecule has 132 valence electrons. The van der Waals surface area contributed by atoms with E-state index in [0.29, 0.717) is 6.04 Å². The lowest BCUT2D eigenvalue weighted by molar-refractivity contribution is 0.621. The summed E-state index contributed by atoms with van der Waals surface area (Å²) in [5.74, 6) is 1.07. The topological polar surface area (TPSA) is 21.1 Å². The maximum absolute atomic E-state index is 4.71. The number of rotatable bonds is 4. The van der Waals surface area contributed by atoms with E-state index in [9.17, 15) is 0 Å². The van der Waals surface area contributed by atoms with Gasteiger partial charge in [-0.2, -0.15) is 0 Å². The number of hydrogen-bond donors (Lipinski definition) is 0. The molecule has 0 saturated heterocycles. The number of para-hydroxylation sites is 1. The molecule has 4 heteroatoms. The molecule has 0 radical (unpaired) electrons. The number of aromatic nitrogens is 2. The number of nitrogens with zero attached hydrogens (tertiary/aromatic N) is 3. The van der Waals surface area contributed by atoms with Gasteiger partial charge in [-0.3, -0.25) is 0 Å². The summed E-state index contributed by atoms with van der Waals surface area (Å²) in [4.78, 5) is 7.34. The molecule has 0 atom stereocenters. The van der Waals surface area contributed by atoms with E-state index in [1.165, 1.54) is 27.8 Å². The van der Waals surface area contributed by atoms with Gasteiger partial charge in [-0.05, 0) is 44.3 Å². The monoisotopic (exact) mass is 343 g/mol. The Balaban J connectivity index is 2.02. The van der Waals surface area contributed by atoms with Crippen LogP contribution in [0.4, 0.5) is 5.69 Å². The van der Waals surface area contributed by atoms with Crippen molar-refractivity contribution < 1.29 is 0 Å². The first-order valence-electron chi connectivity index (χ1n) is 9.64. The van der Waals surface area contributed by atoms with E-state index in [2.05, 4.69) is 85.6 Å². The van der Waals surface area contributed by atoms with Gasteiger partial charge >= 0.3 is 6.98 Å². The summed E-state index contributed by atoms with van der Waals surface area (Å²) in [7, 11) is 0. The minimum absolute atomic E-state index is 0.147. The minimum atomic E-state index is 0.147. The van der Waals surface area contributed by atoms with Gasteiger partial charge in [0.2, 0.25) is 0 Å². The lowest BCUT2D eigenvalue weighted by Gasteiger charge is -2.43. The van der Waals surface area contributed by atoms with Crippen LogP contribution in [0.2, 0.25) is 0 Å². The molecule has 0 N–H and O–H groups in total. The molecule has 4 rings (SSSR count). The van der Waals surface area contributed by atoms with Gasteiger partial charge in [0.1, 0.15) is 5.82 Å². The van der Waals surface area contributed by atoms with Crippen molar-refractivity contribution in [3.8, 4) is 11.4 Å².